The van der Waals surface area contributed by atoms with Crippen molar-refractivity contribution in [3.05, 3.63) is 115 Å². The summed E-state index contributed by atoms with van der Waals surface area (Å²) >= 11 is 9.56. The highest BCUT2D eigenvalue weighted by atomic mass is 79.9. The van der Waals surface area contributed by atoms with Crippen molar-refractivity contribution in [1.82, 2.24) is 5.32 Å². The van der Waals surface area contributed by atoms with E-state index >= 15 is 0 Å². The molecule has 0 amide bonds. The first-order valence-electron chi connectivity index (χ1n) is 11.0. The molecular weight excluding hydrogens is 530 g/mol. The topological polar surface area (TPSA) is 64.6 Å². The molecule has 0 fully saturated rings. The molecule has 0 aromatic heterocycles. The number of ketones is 1. The summed E-state index contributed by atoms with van der Waals surface area (Å²) in [6, 6.07) is 20.5. The number of Topliss-reactive ketones (excluding diaryl/α,β-unsaturated/α-hetero) is 1. The molecule has 1 N–H and O–H groups in total. The number of hydrogen-bond acceptors (Lipinski definition) is 5. The molecule has 1 atom stereocenters. The fraction of sp³-hybridized carbons (Fsp3) is 0.143. The zero-order valence-electron chi connectivity index (χ0n) is 19.0. The number of halogens is 2. The van der Waals surface area contributed by atoms with Gasteiger partial charge in [0.1, 0.15) is 12.4 Å². The number of benzene rings is 3. The normalized spacial score (nSPS) is 16.6. The van der Waals surface area contributed by atoms with E-state index in [1.807, 2.05) is 67.6 Å². The molecule has 1 aliphatic carbocycles. The first-order chi connectivity index (χ1) is 16.9. The molecule has 0 radical (unpaired) electrons. The van der Waals surface area contributed by atoms with Crippen LogP contribution in [-0.2, 0) is 16.1 Å². The number of dihydropyridines is 1. The maximum absolute atomic E-state index is 13.6. The zero-order chi connectivity index (χ0) is 24.7. The maximum Gasteiger partial charge on any atom is 0.336 e. The van der Waals surface area contributed by atoms with Crippen molar-refractivity contribution in [3.63, 3.8) is 0 Å². The molecule has 1 heterocycles. The van der Waals surface area contributed by atoms with E-state index in [0.29, 0.717) is 51.0 Å². The van der Waals surface area contributed by atoms with Crippen molar-refractivity contribution in [3.8, 4) is 5.75 Å². The van der Waals surface area contributed by atoms with E-state index in [1.165, 1.54) is 7.11 Å². The Morgan fingerprint density at radius 2 is 1.77 bits per heavy atom. The number of esters is 1. The SMILES string of the molecule is COC(=O)C1=C(C)NC2=C(C(=O)c3ccccc32)[C@@H]1c1cc(Br)ccc1OCc1ccc(Cl)cc1. The van der Waals surface area contributed by atoms with Gasteiger partial charge in [0.05, 0.1) is 24.3 Å². The van der Waals surface area contributed by atoms with Gasteiger partial charge in [-0.05, 0) is 42.8 Å². The van der Waals surface area contributed by atoms with Gasteiger partial charge in [-0.2, -0.15) is 0 Å². The Kier molecular flexibility index (Phi) is 6.26. The molecule has 5 nitrogen and oxygen atoms in total. The summed E-state index contributed by atoms with van der Waals surface area (Å²) in [5, 5.41) is 3.95. The van der Waals surface area contributed by atoms with Gasteiger partial charge in [-0.1, -0.05) is 63.9 Å². The van der Waals surface area contributed by atoms with Gasteiger partial charge in [0.15, 0.2) is 5.78 Å². The monoisotopic (exact) mass is 549 g/mol. The average molecular weight is 551 g/mol. The van der Waals surface area contributed by atoms with Gasteiger partial charge >= 0.3 is 5.97 Å². The van der Waals surface area contributed by atoms with E-state index in [4.69, 9.17) is 21.1 Å². The molecule has 1 aliphatic heterocycles. The quantitative estimate of drug-likeness (QED) is 0.371. The van der Waals surface area contributed by atoms with Crippen LogP contribution in [0.15, 0.2) is 88.0 Å². The highest BCUT2D eigenvalue weighted by molar-refractivity contribution is 9.10. The number of carbonyl (C=O) groups is 2. The van der Waals surface area contributed by atoms with Crippen LogP contribution in [0.25, 0.3) is 5.70 Å². The highest BCUT2D eigenvalue weighted by Gasteiger charge is 2.43. The van der Waals surface area contributed by atoms with Gasteiger partial charge in [-0.25, -0.2) is 4.79 Å². The second-order valence-corrected chi connectivity index (χ2v) is 9.70. The minimum Gasteiger partial charge on any atom is -0.489 e. The zero-order valence-corrected chi connectivity index (χ0v) is 21.4. The molecule has 35 heavy (non-hydrogen) atoms. The van der Waals surface area contributed by atoms with E-state index in [0.717, 1.165) is 15.6 Å². The number of nitrogens with one attached hydrogen (secondary N) is 1. The molecular formula is C28H21BrClNO4. The first-order valence-corrected chi connectivity index (χ1v) is 12.2. The van der Waals surface area contributed by atoms with E-state index < -0.39 is 11.9 Å². The second-order valence-electron chi connectivity index (χ2n) is 8.35. The fourth-order valence-corrected chi connectivity index (χ4v) is 5.14. The van der Waals surface area contributed by atoms with Crippen molar-refractivity contribution in [2.24, 2.45) is 0 Å². The molecule has 3 aromatic rings. The molecule has 0 saturated carbocycles. The van der Waals surface area contributed by atoms with Gasteiger partial charge in [-0.15, -0.1) is 0 Å². The number of rotatable bonds is 5. The van der Waals surface area contributed by atoms with Crippen molar-refractivity contribution in [1.29, 1.82) is 0 Å². The van der Waals surface area contributed by atoms with Gasteiger partial charge in [0.2, 0.25) is 0 Å². The van der Waals surface area contributed by atoms with Crippen LogP contribution in [0.5, 0.6) is 5.75 Å². The predicted octanol–water partition coefficient (Wildman–Crippen LogP) is 6.42. The summed E-state index contributed by atoms with van der Waals surface area (Å²) in [6.07, 6.45) is 0. The minimum absolute atomic E-state index is 0.120. The van der Waals surface area contributed by atoms with Gasteiger partial charge in [0.25, 0.3) is 0 Å². The Hall–Kier alpha value is -3.35. The molecule has 0 unspecified atom stereocenters. The molecule has 5 rings (SSSR count). The van der Waals surface area contributed by atoms with Gasteiger partial charge in [0, 0.05) is 37.5 Å². The highest BCUT2D eigenvalue weighted by Crippen LogP contribution is 2.49. The number of carbonyl (C=O) groups excluding carboxylic acids is 2. The summed E-state index contributed by atoms with van der Waals surface area (Å²) < 4.78 is 12.2. The Bertz CT molecular complexity index is 1430. The third kappa shape index (κ3) is 4.17. The van der Waals surface area contributed by atoms with Crippen LogP contribution in [0.2, 0.25) is 5.02 Å². The largest absolute Gasteiger partial charge is 0.489 e. The summed E-state index contributed by atoms with van der Waals surface area (Å²) in [4.78, 5) is 26.7. The van der Waals surface area contributed by atoms with Crippen LogP contribution >= 0.6 is 27.5 Å². The molecule has 0 spiro atoms. The lowest BCUT2D eigenvalue weighted by Gasteiger charge is -2.30. The number of hydrogen-bond donors (Lipinski definition) is 1. The van der Waals surface area contributed by atoms with E-state index in [2.05, 4.69) is 21.2 Å². The van der Waals surface area contributed by atoms with Crippen LogP contribution in [0, 0.1) is 0 Å². The average Bonchev–Trinajstić information content (AvgIpc) is 3.14. The molecule has 2 aliphatic rings. The van der Waals surface area contributed by atoms with Crippen LogP contribution in [0.4, 0.5) is 0 Å². The molecule has 7 heteroatoms. The van der Waals surface area contributed by atoms with Gasteiger partial charge in [-0.3, -0.25) is 4.79 Å². The third-order valence-corrected chi connectivity index (χ3v) is 6.99. The van der Waals surface area contributed by atoms with E-state index in [-0.39, 0.29) is 5.78 Å². The summed E-state index contributed by atoms with van der Waals surface area (Å²) in [5.41, 5.74) is 5.29. The van der Waals surface area contributed by atoms with Crippen LogP contribution in [-0.4, -0.2) is 18.9 Å². The lowest BCUT2D eigenvalue weighted by Crippen LogP contribution is -2.29. The molecule has 176 valence electrons. The van der Waals surface area contributed by atoms with Crippen LogP contribution in [0.3, 0.4) is 0 Å². The summed E-state index contributed by atoms with van der Waals surface area (Å²) in [5.74, 6) is -0.722. The Balaban J connectivity index is 1.64. The summed E-state index contributed by atoms with van der Waals surface area (Å²) in [7, 11) is 1.34. The standard InChI is InChI=1S/C28H21BrClNO4/c1-15-23(28(33)34-2)24(25-26(31-15)19-5-3-4-6-20(19)27(25)32)21-13-17(29)9-12-22(21)35-14-16-7-10-18(30)11-8-16/h3-13,24,31H,14H2,1-2H3/t24-/m1/s1. The van der Waals surface area contributed by atoms with Crippen LogP contribution in [0.1, 0.15) is 39.9 Å². The molecule has 3 aromatic carbocycles. The minimum atomic E-state index is -0.670. The third-order valence-electron chi connectivity index (χ3n) is 6.24. The van der Waals surface area contributed by atoms with Crippen molar-refractivity contribution < 1.29 is 19.1 Å². The smallest absolute Gasteiger partial charge is 0.336 e. The lowest BCUT2D eigenvalue weighted by atomic mass is 9.79. The Morgan fingerprint density at radius 1 is 1.06 bits per heavy atom. The molecule has 0 bridgehead atoms. The lowest BCUT2D eigenvalue weighted by molar-refractivity contribution is -0.136. The number of fused-ring (bicyclic) bond motifs is 2. The van der Waals surface area contributed by atoms with Crippen molar-refractivity contribution in [2.75, 3.05) is 7.11 Å². The molecule has 0 saturated heterocycles. The number of methoxy groups -OCH3 is 1. The first kappa shape index (κ1) is 23.4. The number of allylic oxidation sites excluding steroid dienone is 2. The van der Waals surface area contributed by atoms with Gasteiger partial charge < -0.3 is 14.8 Å². The van der Waals surface area contributed by atoms with E-state index in [1.54, 1.807) is 6.07 Å². The Morgan fingerprint density at radius 3 is 2.49 bits per heavy atom. The van der Waals surface area contributed by atoms with E-state index in [9.17, 15) is 9.59 Å². The fourth-order valence-electron chi connectivity index (χ4n) is 4.64. The Labute approximate surface area is 216 Å². The van der Waals surface area contributed by atoms with Crippen molar-refractivity contribution >= 4 is 45.0 Å². The summed E-state index contributed by atoms with van der Waals surface area (Å²) in [6.45, 7) is 2.12. The second kappa shape index (κ2) is 9.36. The van der Waals surface area contributed by atoms with Crippen LogP contribution < -0.4 is 10.1 Å². The van der Waals surface area contributed by atoms with Crippen molar-refractivity contribution in [2.45, 2.75) is 19.4 Å². The number of ether oxygens (including phenoxy) is 2. The predicted molar refractivity (Wildman–Crippen MR) is 138 cm³/mol. The maximum atomic E-state index is 13.6.